The third-order valence-corrected chi connectivity index (χ3v) is 6.69. The first kappa shape index (κ1) is 19.7. The molecule has 0 aliphatic carbocycles. The molecule has 0 N–H and O–H groups in total. The number of nitrogens with zero attached hydrogens (tertiary/aromatic N) is 2. The number of alkyl halides is 3. The van der Waals surface area contributed by atoms with Crippen LogP contribution in [0.3, 0.4) is 0 Å². The van der Waals surface area contributed by atoms with E-state index in [1.807, 2.05) is 0 Å². The van der Waals surface area contributed by atoms with E-state index in [0.717, 1.165) is 12.1 Å². The zero-order valence-electron chi connectivity index (χ0n) is 14.4. The number of halogens is 3. The molecule has 2 fully saturated rings. The van der Waals surface area contributed by atoms with Crippen molar-refractivity contribution in [3.63, 3.8) is 0 Å². The Hall–Kier alpha value is -2.10. The van der Waals surface area contributed by atoms with Crippen molar-refractivity contribution >= 4 is 21.7 Å². The predicted octanol–water partition coefficient (Wildman–Crippen LogP) is 1.42. The molecule has 148 valence electrons. The minimum Gasteiger partial charge on any atom is -0.339 e. The third-order valence-electron chi connectivity index (χ3n) is 4.92. The second-order valence-corrected chi connectivity index (χ2v) is 8.99. The average molecular weight is 404 g/mol. The molecule has 2 saturated heterocycles. The van der Waals surface area contributed by atoms with Crippen LogP contribution in [-0.4, -0.2) is 67.7 Å². The molecule has 10 heteroatoms. The number of carbonyl (C=O) groups is 2. The molecule has 0 saturated carbocycles. The lowest BCUT2D eigenvalue weighted by atomic mass is 10.0. The number of hydrogen-bond acceptors (Lipinski definition) is 4. The number of piperazine rings is 1. The molecule has 1 atom stereocenters. The molecule has 1 unspecified atom stereocenters. The van der Waals surface area contributed by atoms with E-state index in [1.165, 1.54) is 21.9 Å². The van der Waals surface area contributed by atoms with Crippen LogP contribution in [0.25, 0.3) is 0 Å². The highest BCUT2D eigenvalue weighted by atomic mass is 32.2. The highest BCUT2D eigenvalue weighted by Crippen LogP contribution is 2.32. The van der Waals surface area contributed by atoms with Crippen LogP contribution in [-0.2, 0) is 20.8 Å². The van der Waals surface area contributed by atoms with Crippen molar-refractivity contribution in [1.29, 1.82) is 0 Å². The summed E-state index contributed by atoms with van der Waals surface area (Å²) in [5, 5.41) is 0. The Morgan fingerprint density at radius 1 is 1.00 bits per heavy atom. The van der Waals surface area contributed by atoms with E-state index in [9.17, 15) is 31.2 Å². The molecule has 0 aromatic heterocycles. The lowest BCUT2D eigenvalue weighted by molar-refractivity contribution is -0.138. The molecule has 6 nitrogen and oxygen atoms in total. The summed E-state index contributed by atoms with van der Waals surface area (Å²) in [4.78, 5) is 27.7. The van der Waals surface area contributed by atoms with Crippen LogP contribution in [0.2, 0.25) is 0 Å². The standard InChI is InChI=1S/C17H19F3N2O4S/c18-17(19,20)14-4-2-1-3-13(14)16(24)22-8-6-21(7-9-22)15(23)12-5-10-27(25,26)11-12/h1-4,12H,5-11H2. The molecule has 2 amide bonds. The molecule has 2 aliphatic rings. The van der Waals surface area contributed by atoms with Crippen LogP contribution in [0.1, 0.15) is 22.3 Å². The van der Waals surface area contributed by atoms with Gasteiger partial charge in [-0.2, -0.15) is 13.2 Å². The lowest BCUT2D eigenvalue weighted by Gasteiger charge is -2.36. The van der Waals surface area contributed by atoms with E-state index in [2.05, 4.69) is 0 Å². The summed E-state index contributed by atoms with van der Waals surface area (Å²) in [6.07, 6.45) is -4.34. The van der Waals surface area contributed by atoms with Crippen molar-refractivity contribution in [1.82, 2.24) is 9.80 Å². The Morgan fingerprint density at radius 3 is 2.15 bits per heavy atom. The Labute approximate surface area is 154 Å². The average Bonchev–Trinajstić information content (AvgIpc) is 3.00. The molecule has 1 aromatic rings. The van der Waals surface area contributed by atoms with Gasteiger partial charge in [0.15, 0.2) is 9.84 Å². The van der Waals surface area contributed by atoms with Crippen molar-refractivity contribution in [3.05, 3.63) is 35.4 Å². The monoisotopic (exact) mass is 404 g/mol. The van der Waals surface area contributed by atoms with E-state index < -0.39 is 39.0 Å². The van der Waals surface area contributed by atoms with Crippen LogP contribution >= 0.6 is 0 Å². The summed E-state index contributed by atoms with van der Waals surface area (Å²) in [6.45, 7) is 0.567. The quantitative estimate of drug-likeness (QED) is 0.747. The van der Waals surface area contributed by atoms with Gasteiger partial charge < -0.3 is 9.80 Å². The molecule has 2 heterocycles. The molecular formula is C17H19F3N2O4S. The summed E-state index contributed by atoms with van der Waals surface area (Å²) in [6, 6.07) is 4.62. The van der Waals surface area contributed by atoms with Gasteiger partial charge in [-0.1, -0.05) is 12.1 Å². The molecule has 0 bridgehead atoms. The van der Waals surface area contributed by atoms with Gasteiger partial charge in [-0.15, -0.1) is 0 Å². The molecule has 1 aromatic carbocycles. The lowest BCUT2D eigenvalue weighted by Crippen LogP contribution is -2.52. The normalized spacial score (nSPS) is 22.7. The second-order valence-electron chi connectivity index (χ2n) is 6.76. The fraction of sp³-hybridized carbons (Fsp3) is 0.529. The molecular weight excluding hydrogens is 385 g/mol. The summed E-state index contributed by atoms with van der Waals surface area (Å²) < 4.78 is 62.4. The van der Waals surface area contributed by atoms with Crippen molar-refractivity contribution in [3.8, 4) is 0 Å². The van der Waals surface area contributed by atoms with Gasteiger partial charge in [-0.3, -0.25) is 9.59 Å². The summed E-state index contributed by atoms with van der Waals surface area (Å²) in [7, 11) is -3.18. The molecule has 3 rings (SSSR count). The van der Waals surface area contributed by atoms with E-state index in [0.29, 0.717) is 6.42 Å². The van der Waals surface area contributed by atoms with Gasteiger partial charge in [0.05, 0.1) is 28.6 Å². The second kappa shape index (κ2) is 7.14. The molecule has 0 radical (unpaired) electrons. The van der Waals surface area contributed by atoms with Crippen LogP contribution < -0.4 is 0 Å². The molecule has 2 aliphatic heterocycles. The molecule has 27 heavy (non-hydrogen) atoms. The van der Waals surface area contributed by atoms with Gasteiger partial charge >= 0.3 is 6.18 Å². The van der Waals surface area contributed by atoms with Crippen LogP contribution in [0.15, 0.2) is 24.3 Å². The highest BCUT2D eigenvalue weighted by Gasteiger charge is 2.38. The van der Waals surface area contributed by atoms with Gasteiger partial charge in [0, 0.05) is 26.2 Å². The van der Waals surface area contributed by atoms with E-state index in [4.69, 9.17) is 0 Å². The largest absolute Gasteiger partial charge is 0.417 e. The van der Waals surface area contributed by atoms with E-state index in [-0.39, 0.29) is 43.6 Å². The maximum Gasteiger partial charge on any atom is 0.417 e. The predicted molar refractivity (Wildman–Crippen MR) is 90.7 cm³/mol. The highest BCUT2D eigenvalue weighted by molar-refractivity contribution is 7.91. The number of rotatable bonds is 2. The maximum atomic E-state index is 13.1. The van der Waals surface area contributed by atoms with Crippen molar-refractivity contribution in [2.24, 2.45) is 5.92 Å². The maximum absolute atomic E-state index is 13.1. The Balaban J connectivity index is 1.65. The fourth-order valence-corrected chi connectivity index (χ4v) is 5.20. The van der Waals surface area contributed by atoms with Gasteiger partial charge in [0.1, 0.15) is 0 Å². The number of sulfone groups is 1. The smallest absolute Gasteiger partial charge is 0.339 e. The fourth-order valence-electron chi connectivity index (χ4n) is 3.47. The number of amides is 2. The Morgan fingerprint density at radius 2 is 1.59 bits per heavy atom. The Bertz CT molecular complexity index is 846. The first-order valence-electron chi connectivity index (χ1n) is 8.53. The van der Waals surface area contributed by atoms with Crippen LogP contribution in [0.5, 0.6) is 0 Å². The summed E-state index contributed by atoms with van der Waals surface area (Å²) in [5.74, 6) is -1.72. The van der Waals surface area contributed by atoms with Crippen LogP contribution in [0, 0.1) is 5.92 Å². The van der Waals surface area contributed by atoms with Crippen LogP contribution in [0.4, 0.5) is 13.2 Å². The van der Waals surface area contributed by atoms with Crippen molar-refractivity contribution in [2.75, 3.05) is 37.7 Å². The Kier molecular flexibility index (Phi) is 5.20. The number of benzene rings is 1. The van der Waals surface area contributed by atoms with Crippen molar-refractivity contribution in [2.45, 2.75) is 12.6 Å². The van der Waals surface area contributed by atoms with Crippen molar-refractivity contribution < 1.29 is 31.2 Å². The molecule has 0 spiro atoms. The van der Waals surface area contributed by atoms with Gasteiger partial charge in [-0.05, 0) is 18.6 Å². The zero-order chi connectivity index (χ0) is 19.8. The van der Waals surface area contributed by atoms with Gasteiger partial charge in [0.2, 0.25) is 5.91 Å². The summed E-state index contributed by atoms with van der Waals surface area (Å²) in [5.41, 5.74) is -1.39. The SMILES string of the molecule is O=C(c1ccccc1C(F)(F)F)N1CCN(C(=O)C2CCS(=O)(=O)C2)CC1. The first-order chi connectivity index (χ1) is 12.6. The van der Waals surface area contributed by atoms with E-state index in [1.54, 1.807) is 0 Å². The minimum atomic E-state index is -4.63. The number of hydrogen-bond donors (Lipinski definition) is 0. The van der Waals surface area contributed by atoms with Gasteiger partial charge in [0.25, 0.3) is 5.91 Å². The first-order valence-corrected chi connectivity index (χ1v) is 10.4. The van der Waals surface area contributed by atoms with E-state index >= 15 is 0 Å². The third kappa shape index (κ3) is 4.26. The minimum absolute atomic E-state index is 0.00388. The zero-order valence-corrected chi connectivity index (χ0v) is 15.2. The topological polar surface area (TPSA) is 74.8 Å². The summed E-state index contributed by atoms with van der Waals surface area (Å²) >= 11 is 0. The number of carbonyl (C=O) groups excluding carboxylic acids is 2. The van der Waals surface area contributed by atoms with Gasteiger partial charge in [-0.25, -0.2) is 8.42 Å².